The first-order chi connectivity index (χ1) is 25.4. The molecule has 0 unspecified atom stereocenters. The predicted octanol–water partition coefficient (Wildman–Crippen LogP) is 6.99. The van der Waals surface area contributed by atoms with Crippen molar-refractivity contribution in [2.24, 2.45) is 0 Å². The van der Waals surface area contributed by atoms with Crippen LogP contribution in [-0.4, -0.2) is 91.9 Å². The van der Waals surface area contributed by atoms with Crippen LogP contribution in [0.4, 0.5) is 28.8 Å². The average Bonchev–Trinajstić information content (AvgIpc) is 3.93. The first-order valence-corrected chi connectivity index (χ1v) is 18.8. The highest BCUT2D eigenvalue weighted by Crippen LogP contribution is 2.48. The Morgan fingerprint density at radius 1 is 1.19 bits per heavy atom. The Bertz CT molecular complexity index is 2410. The highest BCUT2D eigenvalue weighted by Gasteiger charge is 2.53. The summed E-state index contributed by atoms with van der Waals surface area (Å²) in [6.45, 7) is 6.51. The summed E-state index contributed by atoms with van der Waals surface area (Å²) in [5, 5.41) is 10.5. The Morgan fingerprint density at radius 3 is 2.74 bits per heavy atom. The number of likely N-dealkylation sites (tertiary alicyclic amines) is 1. The van der Waals surface area contributed by atoms with Gasteiger partial charge in [-0.15, -0.1) is 11.3 Å². The van der Waals surface area contributed by atoms with Crippen LogP contribution in [-0.2, 0) is 0 Å². The molecule has 7 heterocycles. The molecule has 2 aromatic carbocycles. The number of alkyl halides is 1. The van der Waals surface area contributed by atoms with Crippen LogP contribution in [0.25, 0.3) is 32.1 Å². The van der Waals surface area contributed by atoms with Crippen molar-refractivity contribution in [3.63, 3.8) is 0 Å². The van der Waals surface area contributed by atoms with Gasteiger partial charge in [0.1, 0.15) is 47.3 Å². The largest absolute Gasteiger partial charge is 0.461 e. The number of thiophene rings is 1. The molecule has 3 atom stereocenters. The van der Waals surface area contributed by atoms with Gasteiger partial charge in [0.2, 0.25) is 0 Å². The fourth-order valence-corrected chi connectivity index (χ4v) is 10.2. The number of halogens is 4. The summed E-state index contributed by atoms with van der Waals surface area (Å²) in [5.74, 6) is -0.999. The highest BCUT2D eigenvalue weighted by molar-refractivity contribution is 7.23. The molecule has 0 radical (unpaired) electrons. The lowest BCUT2D eigenvalue weighted by molar-refractivity contribution is 0.0413. The number of nitrogen functional groups attached to an aromatic ring is 1. The summed E-state index contributed by atoms with van der Waals surface area (Å²) >= 11 is 7.83. The number of nitrogens with two attached hydrogens (primary N) is 1. The molecule has 53 heavy (non-hydrogen) atoms. The number of ether oxygens (including phenoxy) is 1. The zero-order chi connectivity index (χ0) is 37.0. The summed E-state index contributed by atoms with van der Waals surface area (Å²) in [6, 6.07) is 5.98. The van der Waals surface area contributed by atoms with Crippen LogP contribution in [0.1, 0.15) is 49.1 Å². The number of fused-ring (bicyclic) bond motifs is 3. The number of nitrogens with zero attached hydrogens (tertiary/aromatic N) is 8. The molecule has 0 bridgehead atoms. The standard InChI is InChI=1S/C37H35ClF3N9O2S/c1-19-20(2)49(18-44-19)35(51)50-11-8-36(50)7-10-47(16-36)33-23-12-25(38)28(22-4-5-26(40)31-27(22)24(14-42)32(43)53-31)29(41)30(23)45-34(46-33)52-17-37-6-3-9-48(37)15-21(39)13-37/h4-5,12,18,21H,3,6-11,13,15-17,43H2,1-2H3/t21-,36-,37+/m1/s1. The lowest BCUT2D eigenvalue weighted by Crippen LogP contribution is -2.64. The van der Waals surface area contributed by atoms with E-state index in [9.17, 15) is 18.8 Å². The summed E-state index contributed by atoms with van der Waals surface area (Å²) in [4.78, 5) is 33.5. The van der Waals surface area contributed by atoms with Gasteiger partial charge in [-0.2, -0.15) is 15.2 Å². The van der Waals surface area contributed by atoms with E-state index in [1.54, 1.807) is 17.0 Å². The normalized spacial score (nSPS) is 24.1. The van der Waals surface area contributed by atoms with Gasteiger partial charge in [0.05, 0.1) is 32.1 Å². The topological polar surface area (TPSA) is 129 Å². The fourth-order valence-electron chi connectivity index (χ4n) is 8.99. The first-order valence-electron chi connectivity index (χ1n) is 17.6. The number of benzene rings is 2. The molecule has 4 saturated heterocycles. The minimum Gasteiger partial charge on any atom is -0.461 e. The van der Waals surface area contributed by atoms with E-state index in [4.69, 9.17) is 27.1 Å². The van der Waals surface area contributed by atoms with Crippen molar-refractivity contribution in [1.29, 1.82) is 5.26 Å². The molecule has 9 rings (SSSR count). The number of carbonyl (C=O) groups excluding carboxylic acids is 1. The van der Waals surface area contributed by atoms with Crippen LogP contribution in [0.5, 0.6) is 6.01 Å². The number of hydrogen-bond donors (Lipinski definition) is 1. The van der Waals surface area contributed by atoms with Crippen molar-refractivity contribution in [3.8, 4) is 23.2 Å². The minimum absolute atomic E-state index is 0.0100. The zero-order valence-corrected chi connectivity index (χ0v) is 30.6. The third kappa shape index (κ3) is 5.09. The van der Waals surface area contributed by atoms with Gasteiger partial charge >= 0.3 is 12.0 Å². The van der Waals surface area contributed by atoms with E-state index in [1.807, 2.05) is 29.7 Å². The molecule has 0 saturated carbocycles. The van der Waals surface area contributed by atoms with E-state index >= 15 is 4.39 Å². The molecule has 3 aromatic heterocycles. The Labute approximate surface area is 311 Å². The van der Waals surface area contributed by atoms with Crippen molar-refractivity contribution < 1.29 is 22.7 Å². The Morgan fingerprint density at radius 2 is 2.00 bits per heavy atom. The monoisotopic (exact) mass is 761 g/mol. The second kappa shape index (κ2) is 12.2. The van der Waals surface area contributed by atoms with Crippen molar-refractivity contribution in [2.45, 2.75) is 63.2 Å². The van der Waals surface area contributed by atoms with Crippen molar-refractivity contribution in [3.05, 3.63) is 58.1 Å². The highest BCUT2D eigenvalue weighted by atomic mass is 35.5. The molecule has 0 aliphatic carbocycles. The first kappa shape index (κ1) is 34.1. The van der Waals surface area contributed by atoms with E-state index < -0.39 is 28.9 Å². The number of amides is 1. The molecule has 4 aliphatic heterocycles. The maximum atomic E-state index is 17.2. The molecule has 1 spiro atoms. The number of carbonyl (C=O) groups is 1. The molecule has 5 aromatic rings. The predicted molar refractivity (Wildman–Crippen MR) is 196 cm³/mol. The van der Waals surface area contributed by atoms with Gasteiger partial charge in [-0.05, 0) is 63.8 Å². The van der Waals surface area contributed by atoms with Gasteiger partial charge < -0.3 is 20.3 Å². The van der Waals surface area contributed by atoms with Crippen LogP contribution in [0.3, 0.4) is 0 Å². The van der Waals surface area contributed by atoms with Crippen molar-refractivity contribution >= 4 is 60.8 Å². The number of aromatic nitrogens is 4. The minimum atomic E-state index is -0.963. The smallest absolute Gasteiger partial charge is 0.330 e. The lowest BCUT2D eigenvalue weighted by atomic mass is 9.84. The molecule has 16 heteroatoms. The number of anilines is 2. The summed E-state index contributed by atoms with van der Waals surface area (Å²) in [7, 11) is 0. The Hall–Kier alpha value is -4.65. The third-order valence-corrected chi connectivity index (χ3v) is 13.3. The van der Waals surface area contributed by atoms with E-state index in [0.717, 1.165) is 48.5 Å². The molecule has 2 N–H and O–H groups in total. The SMILES string of the molecule is Cc1ncn(C(=O)N2CC[C@@]23CCN(c2nc(OC[C@@]45CCCN4C[C@H](F)C5)nc4c(F)c(-c5ccc(F)c6sc(N)c(C#N)c56)c(Cl)cc24)C3)c1C. The molecule has 4 fully saturated rings. The number of rotatable bonds is 5. The summed E-state index contributed by atoms with van der Waals surface area (Å²) in [6.07, 6.45) is 4.04. The van der Waals surface area contributed by atoms with Crippen LogP contribution in [0.2, 0.25) is 5.02 Å². The van der Waals surface area contributed by atoms with Gasteiger partial charge in [-0.3, -0.25) is 9.47 Å². The van der Waals surface area contributed by atoms with Crippen LogP contribution in [0, 0.1) is 36.8 Å². The quantitative estimate of drug-likeness (QED) is 0.202. The summed E-state index contributed by atoms with van der Waals surface area (Å²) in [5.41, 5.74) is 6.79. The Balaban J connectivity index is 1.15. The van der Waals surface area contributed by atoms with Gasteiger partial charge in [-0.1, -0.05) is 17.7 Å². The Kier molecular flexibility index (Phi) is 7.85. The maximum absolute atomic E-state index is 17.2. The second-order valence-corrected chi connectivity index (χ2v) is 16.2. The lowest BCUT2D eigenvalue weighted by Gasteiger charge is -2.50. The van der Waals surface area contributed by atoms with Crippen LogP contribution < -0.4 is 15.4 Å². The number of imidazole rings is 1. The van der Waals surface area contributed by atoms with Gasteiger partial charge in [0.15, 0.2) is 5.82 Å². The molecular formula is C37H35ClF3N9O2S. The van der Waals surface area contributed by atoms with E-state index in [0.29, 0.717) is 50.2 Å². The number of aryl methyl sites for hydroxylation is 1. The number of hydrogen-bond acceptors (Lipinski definition) is 10. The molecular weight excluding hydrogens is 727 g/mol. The van der Waals surface area contributed by atoms with Gasteiger partial charge in [0.25, 0.3) is 0 Å². The van der Waals surface area contributed by atoms with E-state index in [2.05, 4.69) is 14.9 Å². The fraction of sp³-hybridized carbons (Fsp3) is 0.432. The number of nitriles is 1. The van der Waals surface area contributed by atoms with Crippen LogP contribution >= 0.6 is 22.9 Å². The van der Waals surface area contributed by atoms with Crippen molar-refractivity contribution in [1.82, 2.24) is 29.3 Å². The van der Waals surface area contributed by atoms with Crippen LogP contribution in [0.15, 0.2) is 24.5 Å². The second-order valence-electron chi connectivity index (χ2n) is 14.8. The molecule has 11 nitrogen and oxygen atoms in total. The average molecular weight is 762 g/mol. The molecule has 1 amide bonds. The van der Waals surface area contributed by atoms with Gasteiger partial charge in [0, 0.05) is 54.6 Å². The molecule has 274 valence electrons. The maximum Gasteiger partial charge on any atom is 0.330 e. The van der Waals surface area contributed by atoms with Crippen molar-refractivity contribution in [2.75, 3.05) is 50.0 Å². The summed E-state index contributed by atoms with van der Waals surface area (Å²) < 4.78 is 54.8. The van der Waals surface area contributed by atoms with E-state index in [-0.39, 0.29) is 61.0 Å². The third-order valence-electron chi connectivity index (χ3n) is 12.0. The van der Waals surface area contributed by atoms with E-state index in [1.165, 1.54) is 12.1 Å². The molecule has 4 aliphatic rings. The van der Waals surface area contributed by atoms with Gasteiger partial charge in [-0.25, -0.2) is 22.9 Å². The zero-order valence-electron chi connectivity index (χ0n) is 29.1.